The Hall–Kier alpha value is -1.79. The molecule has 23 heavy (non-hydrogen) atoms. The largest absolute Gasteiger partial charge is 0.376 e. The maximum atomic E-state index is 12.0. The fraction of sp³-hybridized carbons (Fsp3) is 0.412. The third-order valence-electron chi connectivity index (χ3n) is 3.67. The molecule has 0 radical (unpaired) electrons. The zero-order chi connectivity index (χ0) is 15.9. The minimum absolute atomic E-state index is 0.0186. The van der Waals surface area contributed by atoms with Gasteiger partial charge in [0, 0.05) is 29.9 Å². The van der Waals surface area contributed by atoms with Gasteiger partial charge in [0.05, 0.1) is 24.5 Å². The lowest BCUT2D eigenvalue weighted by Gasteiger charge is -2.08. The fourth-order valence-corrected chi connectivity index (χ4v) is 3.40. The number of carbonyl (C=O) groups excluding carboxylic acids is 1. The number of hydrogen-bond donors (Lipinski definition) is 1. The Balaban J connectivity index is 1.40. The summed E-state index contributed by atoms with van der Waals surface area (Å²) in [5, 5.41) is 7.17. The number of rotatable bonds is 7. The van der Waals surface area contributed by atoms with E-state index in [1.807, 2.05) is 29.1 Å². The third kappa shape index (κ3) is 5.11. The van der Waals surface area contributed by atoms with Crippen LogP contribution in [0.15, 0.2) is 47.6 Å². The van der Waals surface area contributed by atoms with Crippen LogP contribution in [-0.2, 0) is 16.1 Å². The molecule has 0 saturated carbocycles. The molecule has 1 fully saturated rings. The van der Waals surface area contributed by atoms with Crippen LogP contribution in [0.1, 0.15) is 19.3 Å². The number of amides is 1. The highest BCUT2D eigenvalue weighted by atomic mass is 32.2. The van der Waals surface area contributed by atoms with Crippen molar-refractivity contribution in [2.45, 2.75) is 36.8 Å². The SMILES string of the molecule is O=C(CCSc1ccccc1)Nc1cnn(C[C@H]2CCCO2)c1. The molecule has 1 atom stereocenters. The van der Waals surface area contributed by atoms with Crippen LogP contribution in [0, 0.1) is 0 Å². The van der Waals surface area contributed by atoms with Crippen LogP contribution in [0.4, 0.5) is 5.69 Å². The Labute approximate surface area is 140 Å². The van der Waals surface area contributed by atoms with Crippen molar-refractivity contribution in [1.29, 1.82) is 0 Å². The summed E-state index contributed by atoms with van der Waals surface area (Å²) in [4.78, 5) is 13.2. The molecule has 2 aromatic rings. The molecule has 6 heteroatoms. The Morgan fingerprint density at radius 2 is 2.26 bits per heavy atom. The van der Waals surface area contributed by atoms with Gasteiger partial charge in [-0.05, 0) is 25.0 Å². The van der Waals surface area contributed by atoms with Gasteiger partial charge < -0.3 is 10.1 Å². The van der Waals surface area contributed by atoms with Crippen molar-refractivity contribution in [2.75, 3.05) is 17.7 Å². The van der Waals surface area contributed by atoms with Crippen LogP contribution in [0.3, 0.4) is 0 Å². The average molecular weight is 331 g/mol. The first-order valence-corrected chi connectivity index (χ1v) is 8.90. The van der Waals surface area contributed by atoms with E-state index >= 15 is 0 Å². The van der Waals surface area contributed by atoms with Gasteiger partial charge in [0.25, 0.3) is 0 Å². The van der Waals surface area contributed by atoms with Crippen molar-refractivity contribution >= 4 is 23.4 Å². The summed E-state index contributed by atoms with van der Waals surface area (Å²) in [6.07, 6.45) is 6.49. The first-order valence-electron chi connectivity index (χ1n) is 7.91. The summed E-state index contributed by atoms with van der Waals surface area (Å²) in [7, 11) is 0. The molecular weight excluding hydrogens is 310 g/mol. The Bertz CT molecular complexity index is 624. The highest BCUT2D eigenvalue weighted by Crippen LogP contribution is 2.18. The van der Waals surface area contributed by atoms with Crippen molar-refractivity contribution in [3.8, 4) is 0 Å². The molecule has 1 aromatic heterocycles. The molecule has 0 unspecified atom stereocenters. The summed E-state index contributed by atoms with van der Waals surface area (Å²) in [5.74, 6) is 0.782. The molecule has 1 aliphatic rings. The van der Waals surface area contributed by atoms with E-state index in [1.54, 1.807) is 18.0 Å². The molecule has 2 heterocycles. The van der Waals surface area contributed by atoms with Crippen LogP contribution in [0.5, 0.6) is 0 Å². The summed E-state index contributed by atoms with van der Waals surface area (Å²) in [5.41, 5.74) is 0.748. The lowest BCUT2D eigenvalue weighted by Crippen LogP contribution is -2.15. The second-order valence-electron chi connectivity index (χ2n) is 5.55. The maximum absolute atomic E-state index is 12.0. The number of anilines is 1. The summed E-state index contributed by atoms with van der Waals surface area (Å²) in [6.45, 7) is 1.59. The van der Waals surface area contributed by atoms with Crippen molar-refractivity contribution in [1.82, 2.24) is 9.78 Å². The van der Waals surface area contributed by atoms with Crippen LogP contribution in [0.2, 0.25) is 0 Å². The van der Waals surface area contributed by atoms with E-state index in [1.165, 1.54) is 4.90 Å². The molecule has 0 spiro atoms. The number of aromatic nitrogens is 2. The van der Waals surface area contributed by atoms with Crippen molar-refractivity contribution < 1.29 is 9.53 Å². The van der Waals surface area contributed by atoms with Gasteiger partial charge in [-0.15, -0.1) is 11.8 Å². The molecule has 5 nitrogen and oxygen atoms in total. The topological polar surface area (TPSA) is 56.2 Å². The first kappa shape index (κ1) is 16.1. The molecule has 122 valence electrons. The van der Waals surface area contributed by atoms with Gasteiger partial charge in [0.2, 0.25) is 5.91 Å². The lowest BCUT2D eigenvalue weighted by atomic mass is 10.2. The molecule has 1 amide bonds. The number of thioether (sulfide) groups is 1. The predicted octanol–water partition coefficient (Wildman–Crippen LogP) is 3.18. The van der Waals surface area contributed by atoms with Gasteiger partial charge in [-0.2, -0.15) is 5.10 Å². The molecule has 3 rings (SSSR count). The fourth-order valence-electron chi connectivity index (χ4n) is 2.53. The molecule has 1 aromatic carbocycles. The molecular formula is C17H21N3O2S. The average Bonchev–Trinajstić information content (AvgIpc) is 3.21. The van der Waals surface area contributed by atoms with Gasteiger partial charge in [0.15, 0.2) is 0 Å². The van der Waals surface area contributed by atoms with Crippen LogP contribution in [0.25, 0.3) is 0 Å². The van der Waals surface area contributed by atoms with Gasteiger partial charge in [-0.3, -0.25) is 9.48 Å². The Kier molecular flexibility index (Phi) is 5.71. The third-order valence-corrected chi connectivity index (χ3v) is 4.69. The summed E-state index contributed by atoms with van der Waals surface area (Å²) in [6, 6.07) is 10.1. The number of carbonyl (C=O) groups is 1. The molecule has 1 saturated heterocycles. The molecule has 0 aliphatic carbocycles. The van der Waals surface area contributed by atoms with Crippen LogP contribution in [-0.4, -0.2) is 34.2 Å². The predicted molar refractivity (Wildman–Crippen MR) is 91.6 cm³/mol. The van der Waals surface area contributed by atoms with Crippen molar-refractivity contribution in [3.63, 3.8) is 0 Å². The number of benzene rings is 1. The standard InChI is InChI=1S/C17H21N3O2S/c21-17(8-10-23-16-6-2-1-3-7-16)19-14-11-18-20(12-14)13-15-5-4-9-22-15/h1-3,6-7,11-12,15H,4-5,8-10,13H2,(H,19,21)/t15-/m1/s1. The van der Waals surface area contributed by atoms with Crippen molar-refractivity contribution in [2.24, 2.45) is 0 Å². The second kappa shape index (κ2) is 8.17. The van der Waals surface area contributed by atoms with E-state index < -0.39 is 0 Å². The van der Waals surface area contributed by atoms with Crippen molar-refractivity contribution in [3.05, 3.63) is 42.7 Å². The Morgan fingerprint density at radius 1 is 1.39 bits per heavy atom. The highest BCUT2D eigenvalue weighted by molar-refractivity contribution is 7.99. The monoisotopic (exact) mass is 331 g/mol. The summed E-state index contributed by atoms with van der Waals surface area (Å²) < 4.78 is 7.43. The van der Waals surface area contributed by atoms with Gasteiger partial charge in [0.1, 0.15) is 0 Å². The minimum atomic E-state index is 0.0186. The first-order chi connectivity index (χ1) is 11.3. The maximum Gasteiger partial charge on any atom is 0.225 e. The zero-order valence-corrected chi connectivity index (χ0v) is 13.8. The Morgan fingerprint density at radius 3 is 3.04 bits per heavy atom. The van der Waals surface area contributed by atoms with E-state index in [9.17, 15) is 4.79 Å². The lowest BCUT2D eigenvalue weighted by molar-refractivity contribution is -0.115. The molecule has 1 N–H and O–H groups in total. The second-order valence-corrected chi connectivity index (χ2v) is 6.71. The number of nitrogens with zero attached hydrogens (tertiary/aromatic N) is 2. The number of nitrogens with one attached hydrogen (secondary N) is 1. The summed E-state index contributed by atoms with van der Waals surface area (Å²) >= 11 is 1.69. The minimum Gasteiger partial charge on any atom is -0.376 e. The van der Waals surface area contributed by atoms with E-state index in [-0.39, 0.29) is 12.0 Å². The number of ether oxygens (including phenoxy) is 1. The molecule has 0 bridgehead atoms. The number of hydrogen-bond acceptors (Lipinski definition) is 4. The van der Waals surface area contributed by atoms with E-state index in [4.69, 9.17) is 4.74 Å². The van der Waals surface area contributed by atoms with Crippen LogP contribution < -0.4 is 5.32 Å². The molecule has 1 aliphatic heterocycles. The zero-order valence-electron chi connectivity index (χ0n) is 13.0. The smallest absolute Gasteiger partial charge is 0.225 e. The van der Waals surface area contributed by atoms with E-state index in [0.29, 0.717) is 6.42 Å². The van der Waals surface area contributed by atoms with Gasteiger partial charge in [-0.25, -0.2) is 0 Å². The van der Waals surface area contributed by atoms with E-state index in [0.717, 1.165) is 37.4 Å². The van der Waals surface area contributed by atoms with E-state index in [2.05, 4.69) is 22.5 Å². The van der Waals surface area contributed by atoms with Gasteiger partial charge >= 0.3 is 0 Å². The van der Waals surface area contributed by atoms with Crippen LogP contribution >= 0.6 is 11.8 Å². The quantitative estimate of drug-likeness (QED) is 0.792. The van der Waals surface area contributed by atoms with Gasteiger partial charge in [-0.1, -0.05) is 18.2 Å². The highest BCUT2D eigenvalue weighted by Gasteiger charge is 2.16. The normalized spacial score (nSPS) is 17.3.